The molecule has 4 rings (SSSR count). The van der Waals surface area contributed by atoms with Crippen LogP contribution >= 0.6 is 0 Å². The Bertz CT molecular complexity index is 602. The highest BCUT2D eigenvalue weighted by atomic mass is 15.3. The fourth-order valence-corrected chi connectivity index (χ4v) is 4.60. The Labute approximate surface area is 157 Å². The number of likely N-dealkylation sites (tertiary alicyclic amines) is 1. The van der Waals surface area contributed by atoms with E-state index in [2.05, 4.69) is 32.3 Å². The van der Waals surface area contributed by atoms with E-state index in [1.54, 1.807) is 0 Å². The van der Waals surface area contributed by atoms with Gasteiger partial charge in [-0.25, -0.2) is 4.98 Å². The number of hydrogen-bond donors (Lipinski definition) is 1. The molecule has 3 heterocycles. The van der Waals surface area contributed by atoms with E-state index in [4.69, 9.17) is 4.98 Å². The van der Waals surface area contributed by atoms with Gasteiger partial charge >= 0.3 is 0 Å². The summed E-state index contributed by atoms with van der Waals surface area (Å²) < 4.78 is 0. The molecule has 1 saturated carbocycles. The number of piperidine rings is 1. The van der Waals surface area contributed by atoms with Gasteiger partial charge in [0.15, 0.2) is 0 Å². The third-order valence-corrected chi connectivity index (χ3v) is 6.07. The van der Waals surface area contributed by atoms with Crippen molar-refractivity contribution in [3.05, 3.63) is 17.8 Å². The van der Waals surface area contributed by atoms with Crippen molar-refractivity contribution in [1.82, 2.24) is 14.9 Å². The van der Waals surface area contributed by atoms with Crippen LogP contribution in [0.5, 0.6) is 0 Å². The number of fused-ring (bicyclic) bond motifs is 1. The van der Waals surface area contributed by atoms with Crippen molar-refractivity contribution in [2.45, 2.75) is 63.8 Å². The summed E-state index contributed by atoms with van der Waals surface area (Å²) in [5.74, 6) is 1.92. The second-order valence-corrected chi connectivity index (χ2v) is 8.00. The van der Waals surface area contributed by atoms with Gasteiger partial charge in [-0.1, -0.05) is 37.8 Å². The molecule has 2 aliphatic heterocycles. The molecule has 0 amide bonds. The molecule has 26 heavy (non-hydrogen) atoms. The van der Waals surface area contributed by atoms with E-state index >= 15 is 0 Å². The zero-order chi connectivity index (χ0) is 17.6. The molecule has 1 saturated heterocycles. The van der Waals surface area contributed by atoms with Gasteiger partial charge in [0.05, 0.1) is 0 Å². The van der Waals surface area contributed by atoms with Crippen LogP contribution in [-0.2, 0) is 0 Å². The van der Waals surface area contributed by atoms with Crippen LogP contribution in [0.2, 0.25) is 0 Å². The lowest BCUT2D eigenvalue weighted by atomic mass is 9.93. The van der Waals surface area contributed by atoms with Gasteiger partial charge in [0.25, 0.3) is 0 Å². The normalized spacial score (nSPS) is 21.6. The van der Waals surface area contributed by atoms with Crippen LogP contribution in [-0.4, -0.2) is 53.6 Å². The Morgan fingerprint density at radius 2 is 1.85 bits per heavy atom. The van der Waals surface area contributed by atoms with Gasteiger partial charge in [0.2, 0.25) is 5.95 Å². The Morgan fingerprint density at radius 3 is 2.69 bits per heavy atom. The van der Waals surface area contributed by atoms with Gasteiger partial charge in [0, 0.05) is 30.9 Å². The van der Waals surface area contributed by atoms with Gasteiger partial charge in [0.1, 0.15) is 5.82 Å². The third kappa shape index (κ3) is 4.37. The molecule has 5 heteroatoms. The van der Waals surface area contributed by atoms with Gasteiger partial charge in [-0.2, -0.15) is 4.98 Å². The lowest BCUT2D eigenvalue weighted by molar-refractivity contribution is 0.228. The zero-order valence-electron chi connectivity index (χ0n) is 16.0. The molecule has 1 aliphatic carbocycles. The largest absolute Gasteiger partial charge is 0.354 e. The first-order valence-corrected chi connectivity index (χ1v) is 10.7. The number of nitrogens with one attached hydrogen (secondary N) is 1. The topological polar surface area (TPSA) is 44.3 Å². The molecule has 0 unspecified atom stereocenters. The average Bonchev–Trinajstić information content (AvgIpc) is 2.72. The summed E-state index contributed by atoms with van der Waals surface area (Å²) in [6.07, 6.45) is 18.4. The summed E-state index contributed by atoms with van der Waals surface area (Å²) in [4.78, 5) is 14.5. The highest BCUT2D eigenvalue weighted by molar-refractivity contribution is 5.68. The fourth-order valence-electron chi connectivity index (χ4n) is 4.60. The first-order chi connectivity index (χ1) is 12.9. The van der Waals surface area contributed by atoms with Gasteiger partial charge in [-0.05, 0) is 51.7 Å². The van der Waals surface area contributed by atoms with Crippen LogP contribution in [0.4, 0.5) is 11.8 Å². The van der Waals surface area contributed by atoms with Crippen molar-refractivity contribution in [2.75, 3.05) is 42.9 Å². The molecule has 0 aromatic carbocycles. The molecule has 2 fully saturated rings. The van der Waals surface area contributed by atoms with Crippen molar-refractivity contribution in [2.24, 2.45) is 0 Å². The number of hydrogen-bond acceptors (Lipinski definition) is 5. The zero-order valence-corrected chi connectivity index (χ0v) is 16.0. The van der Waals surface area contributed by atoms with Crippen molar-refractivity contribution < 1.29 is 0 Å². The van der Waals surface area contributed by atoms with E-state index in [9.17, 15) is 0 Å². The number of rotatable bonds is 6. The Kier molecular flexibility index (Phi) is 6.05. The van der Waals surface area contributed by atoms with Gasteiger partial charge < -0.3 is 15.1 Å². The third-order valence-electron chi connectivity index (χ3n) is 6.07. The van der Waals surface area contributed by atoms with E-state index in [1.807, 2.05) is 6.20 Å². The maximum atomic E-state index is 4.89. The monoisotopic (exact) mass is 355 g/mol. The van der Waals surface area contributed by atoms with E-state index in [-0.39, 0.29) is 0 Å². The molecule has 0 atom stereocenters. The summed E-state index contributed by atoms with van der Waals surface area (Å²) in [7, 11) is 0. The molecule has 0 spiro atoms. The van der Waals surface area contributed by atoms with Crippen LogP contribution in [0, 0.1) is 0 Å². The molecular formula is C21H33N5. The number of nitrogens with zero attached hydrogens (tertiary/aromatic N) is 4. The molecule has 1 aromatic heterocycles. The lowest BCUT2D eigenvalue weighted by Gasteiger charge is -2.37. The van der Waals surface area contributed by atoms with E-state index < -0.39 is 0 Å². The number of anilines is 2. The highest BCUT2D eigenvalue weighted by Gasteiger charge is 2.25. The molecule has 5 nitrogen and oxygen atoms in total. The minimum atomic E-state index is 0.648. The van der Waals surface area contributed by atoms with Crippen LogP contribution in [0.25, 0.3) is 6.08 Å². The van der Waals surface area contributed by atoms with Crippen LogP contribution in [0.15, 0.2) is 12.3 Å². The molecule has 142 valence electrons. The molecule has 1 N–H and O–H groups in total. The molecule has 0 radical (unpaired) electrons. The minimum Gasteiger partial charge on any atom is -0.354 e. The minimum absolute atomic E-state index is 0.648. The summed E-state index contributed by atoms with van der Waals surface area (Å²) in [5, 5.41) is 3.46. The summed E-state index contributed by atoms with van der Waals surface area (Å²) in [6.45, 7) is 5.68. The SMILES string of the molecule is C1=Cc2cnc(NCCCN3CCCCC3)nc2N(C2CCCCC2)C1. The smallest absolute Gasteiger partial charge is 0.224 e. The Balaban J connectivity index is 1.33. The van der Waals surface area contributed by atoms with Crippen molar-refractivity contribution >= 4 is 17.8 Å². The van der Waals surface area contributed by atoms with Crippen LogP contribution in [0.3, 0.4) is 0 Å². The maximum absolute atomic E-state index is 4.89. The maximum Gasteiger partial charge on any atom is 0.224 e. The Morgan fingerprint density at radius 1 is 1.04 bits per heavy atom. The highest BCUT2D eigenvalue weighted by Crippen LogP contribution is 2.31. The second kappa shape index (κ2) is 8.85. The predicted octanol–water partition coefficient (Wildman–Crippen LogP) is 3.93. The van der Waals surface area contributed by atoms with Crippen molar-refractivity contribution in [3.8, 4) is 0 Å². The number of aromatic nitrogens is 2. The summed E-state index contributed by atoms with van der Waals surface area (Å²) in [5.41, 5.74) is 1.17. The van der Waals surface area contributed by atoms with Crippen LogP contribution < -0.4 is 10.2 Å². The summed E-state index contributed by atoms with van der Waals surface area (Å²) in [6, 6.07) is 0.648. The standard InChI is InChI=1S/C21H33N5/c1-3-10-19(11-4-1)26-16-7-9-18-17-23-21(24-20(18)26)22-12-8-15-25-13-5-2-6-14-25/h7,9,17,19H,1-6,8,10-16H2,(H,22,23,24). The van der Waals surface area contributed by atoms with E-state index in [0.29, 0.717) is 6.04 Å². The second-order valence-electron chi connectivity index (χ2n) is 8.00. The molecule has 0 bridgehead atoms. The molecule has 3 aliphatic rings. The van der Waals surface area contributed by atoms with Gasteiger partial charge in [-0.15, -0.1) is 0 Å². The van der Waals surface area contributed by atoms with Gasteiger partial charge in [-0.3, -0.25) is 0 Å². The van der Waals surface area contributed by atoms with E-state index in [0.717, 1.165) is 31.3 Å². The Hall–Kier alpha value is -1.62. The lowest BCUT2D eigenvalue weighted by Crippen LogP contribution is -2.39. The first kappa shape index (κ1) is 17.8. The van der Waals surface area contributed by atoms with Crippen LogP contribution in [0.1, 0.15) is 63.4 Å². The van der Waals surface area contributed by atoms with Crippen molar-refractivity contribution in [1.29, 1.82) is 0 Å². The van der Waals surface area contributed by atoms with E-state index in [1.165, 1.54) is 76.6 Å². The predicted molar refractivity (Wildman–Crippen MR) is 109 cm³/mol. The fraction of sp³-hybridized carbons (Fsp3) is 0.714. The molecule has 1 aromatic rings. The first-order valence-electron chi connectivity index (χ1n) is 10.7. The van der Waals surface area contributed by atoms with Crippen molar-refractivity contribution in [3.63, 3.8) is 0 Å². The summed E-state index contributed by atoms with van der Waals surface area (Å²) >= 11 is 0. The quantitative estimate of drug-likeness (QED) is 0.783. The average molecular weight is 356 g/mol. The molecular weight excluding hydrogens is 322 g/mol.